The first-order valence-electron chi connectivity index (χ1n) is 4.77. The SMILES string of the molecule is CC1C(=O)NC(=O)CN1c1ncc(CO)s1. The van der Waals surface area contributed by atoms with Crippen LogP contribution < -0.4 is 10.2 Å². The number of carbonyl (C=O) groups excluding carboxylic acids is 2. The zero-order valence-electron chi connectivity index (χ0n) is 8.64. The van der Waals surface area contributed by atoms with Gasteiger partial charge in [-0.1, -0.05) is 11.3 Å². The van der Waals surface area contributed by atoms with E-state index in [4.69, 9.17) is 5.11 Å². The fourth-order valence-electron chi connectivity index (χ4n) is 1.45. The maximum Gasteiger partial charge on any atom is 0.249 e. The van der Waals surface area contributed by atoms with Crippen molar-refractivity contribution in [1.29, 1.82) is 0 Å². The number of nitrogens with one attached hydrogen (secondary N) is 1. The first kappa shape index (κ1) is 11.0. The van der Waals surface area contributed by atoms with Gasteiger partial charge < -0.3 is 10.0 Å². The lowest BCUT2D eigenvalue weighted by atomic mass is 10.2. The molecule has 0 aromatic carbocycles. The number of aliphatic hydroxyl groups is 1. The largest absolute Gasteiger partial charge is 0.391 e. The molecular weight excluding hydrogens is 230 g/mol. The number of thiazole rings is 1. The molecule has 0 aliphatic carbocycles. The highest BCUT2D eigenvalue weighted by atomic mass is 32.1. The topological polar surface area (TPSA) is 82.5 Å². The standard InChI is InChI=1S/C9H11N3O3S/c1-5-8(15)11-7(14)3-12(5)9-10-2-6(4-13)16-9/h2,5,13H,3-4H2,1H3,(H,11,14,15). The van der Waals surface area contributed by atoms with E-state index in [1.807, 2.05) is 0 Å². The van der Waals surface area contributed by atoms with Gasteiger partial charge in [0.15, 0.2) is 5.13 Å². The summed E-state index contributed by atoms with van der Waals surface area (Å²) in [4.78, 5) is 29.1. The van der Waals surface area contributed by atoms with E-state index in [0.717, 1.165) is 0 Å². The van der Waals surface area contributed by atoms with E-state index < -0.39 is 6.04 Å². The van der Waals surface area contributed by atoms with Gasteiger partial charge in [-0.2, -0.15) is 0 Å². The van der Waals surface area contributed by atoms with Gasteiger partial charge in [0.1, 0.15) is 12.6 Å². The smallest absolute Gasteiger partial charge is 0.249 e. The van der Waals surface area contributed by atoms with Gasteiger partial charge in [-0.15, -0.1) is 0 Å². The van der Waals surface area contributed by atoms with Crippen LogP contribution in [-0.2, 0) is 16.2 Å². The maximum absolute atomic E-state index is 11.4. The molecule has 1 aromatic rings. The van der Waals surface area contributed by atoms with E-state index in [1.165, 1.54) is 11.3 Å². The zero-order chi connectivity index (χ0) is 11.7. The Morgan fingerprint density at radius 2 is 2.44 bits per heavy atom. The van der Waals surface area contributed by atoms with Gasteiger partial charge in [0.05, 0.1) is 11.5 Å². The van der Waals surface area contributed by atoms with Crippen LogP contribution in [0.2, 0.25) is 0 Å². The van der Waals surface area contributed by atoms with Gasteiger partial charge in [0.25, 0.3) is 0 Å². The number of aromatic nitrogens is 1. The third kappa shape index (κ3) is 1.91. The van der Waals surface area contributed by atoms with Crippen LogP contribution >= 0.6 is 11.3 Å². The molecule has 2 heterocycles. The highest BCUT2D eigenvalue weighted by molar-refractivity contribution is 7.15. The summed E-state index contributed by atoms with van der Waals surface area (Å²) in [6.45, 7) is 1.74. The molecule has 1 unspecified atom stereocenters. The molecule has 0 radical (unpaired) electrons. The number of imide groups is 1. The summed E-state index contributed by atoms with van der Waals surface area (Å²) in [6, 6.07) is -0.421. The third-order valence-electron chi connectivity index (χ3n) is 2.37. The molecule has 2 amide bonds. The van der Waals surface area contributed by atoms with E-state index in [2.05, 4.69) is 10.3 Å². The Morgan fingerprint density at radius 3 is 3.06 bits per heavy atom. The van der Waals surface area contributed by atoms with Gasteiger partial charge in [-0.3, -0.25) is 14.9 Å². The molecule has 0 saturated carbocycles. The van der Waals surface area contributed by atoms with Gasteiger partial charge in [-0.25, -0.2) is 4.98 Å². The van der Waals surface area contributed by atoms with E-state index >= 15 is 0 Å². The van der Waals surface area contributed by atoms with Crippen LogP contribution in [0.4, 0.5) is 5.13 Å². The average molecular weight is 241 g/mol. The zero-order valence-corrected chi connectivity index (χ0v) is 9.45. The highest BCUT2D eigenvalue weighted by Crippen LogP contribution is 2.25. The molecule has 6 nitrogen and oxygen atoms in total. The van der Waals surface area contributed by atoms with Crippen molar-refractivity contribution in [2.45, 2.75) is 19.6 Å². The second-order valence-electron chi connectivity index (χ2n) is 3.48. The van der Waals surface area contributed by atoms with Crippen LogP contribution in [0.25, 0.3) is 0 Å². The molecule has 7 heteroatoms. The van der Waals surface area contributed by atoms with Crippen LogP contribution in [0, 0.1) is 0 Å². The van der Waals surface area contributed by atoms with Crippen LogP contribution in [0.15, 0.2) is 6.20 Å². The van der Waals surface area contributed by atoms with Crippen molar-refractivity contribution in [2.24, 2.45) is 0 Å². The Hall–Kier alpha value is -1.47. The lowest BCUT2D eigenvalue weighted by Crippen LogP contribution is -2.57. The van der Waals surface area contributed by atoms with Crippen LogP contribution in [0.1, 0.15) is 11.8 Å². The average Bonchev–Trinajstić information content (AvgIpc) is 2.71. The lowest BCUT2D eigenvalue weighted by Gasteiger charge is -2.31. The van der Waals surface area contributed by atoms with Crippen LogP contribution in [0.3, 0.4) is 0 Å². The molecule has 86 valence electrons. The number of rotatable bonds is 2. The normalized spacial score (nSPS) is 21.1. The van der Waals surface area contributed by atoms with Crippen molar-refractivity contribution in [3.05, 3.63) is 11.1 Å². The van der Waals surface area contributed by atoms with Gasteiger partial charge in [0, 0.05) is 6.20 Å². The number of hydrogen-bond acceptors (Lipinski definition) is 6. The Balaban J connectivity index is 2.24. The molecule has 0 spiro atoms. The minimum atomic E-state index is -0.421. The first-order valence-corrected chi connectivity index (χ1v) is 5.59. The fraction of sp³-hybridized carbons (Fsp3) is 0.444. The summed E-state index contributed by atoms with van der Waals surface area (Å²) in [6.07, 6.45) is 1.55. The number of aliphatic hydroxyl groups excluding tert-OH is 1. The Morgan fingerprint density at radius 1 is 1.69 bits per heavy atom. The monoisotopic (exact) mass is 241 g/mol. The Kier molecular flexibility index (Phi) is 2.88. The number of piperazine rings is 1. The highest BCUT2D eigenvalue weighted by Gasteiger charge is 2.31. The van der Waals surface area contributed by atoms with Crippen molar-refractivity contribution < 1.29 is 14.7 Å². The van der Waals surface area contributed by atoms with Crippen LogP contribution in [-0.4, -0.2) is 34.5 Å². The molecule has 1 aliphatic heterocycles. The second-order valence-corrected chi connectivity index (χ2v) is 4.58. The minimum absolute atomic E-state index is 0.0833. The van der Waals surface area contributed by atoms with E-state index in [1.54, 1.807) is 18.0 Å². The van der Waals surface area contributed by atoms with Gasteiger partial charge >= 0.3 is 0 Å². The Labute approximate surface area is 95.9 Å². The molecule has 0 bridgehead atoms. The Bertz CT molecular complexity index is 431. The molecule has 1 fully saturated rings. The van der Waals surface area contributed by atoms with Gasteiger partial charge in [-0.05, 0) is 6.92 Å². The van der Waals surface area contributed by atoms with Crippen molar-refractivity contribution >= 4 is 28.3 Å². The molecule has 1 atom stereocenters. The van der Waals surface area contributed by atoms with Gasteiger partial charge in [0.2, 0.25) is 11.8 Å². The van der Waals surface area contributed by atoms with E-state index in [9.17, 15) is 9.59 Å². The quantitative estimate of drug-likeness (QED) is 0.681. The van der Waals surface area contributed by atoms with Crippen molar-refractivity contribution in [3.8, 4) is 0 Å². The van der Waals surface area contributed by atoms with Crippen LogP contribution in [0.5, 0.6) is 0 Å². The predicted octanol–water partition coefficient (Wildman–Crippen LogP) is -0.513. The summed E-state index contributed by atoms with van der Waals surface area (Å²) >= 11 is 1.28. The first-order chi connectivity index (χ1) is 7.61. The molecule has 2 rings (SSSR count). The number of amides is 2. The minimum Gasteiger partial charge on any atom is -0.391 e. The molecule has 16 heavy (non-hydrogen) atoms. The maximum atomic E-state index is 11.4. The number of carbonyl (C=O) groups is 2. The summed E-state index contributed by atoms with van der Waals surface area (Å²) in [7, 11) is 0. The molecular formula is C9H11N3O3S. The summed E-state index contributed by atoms with van der Waals surface area (Å²) in [5.41, 5.74) is 0. The van der Waals surface area contributed by atoms with Crippen molar-refractivity contribution in [3.63, 3.8) is 0 Å². The third-order valence-corrected chi connectivity index (χ3v) is 3.39. The van der Waals surface area contributed by atoms with Crippen molar-refractivity contribution in [2.75, 3.05) is 11.4 Å². The summed E-state index contributed by atoms with van der Waals surface area (Å²) < 4.78 is 0. The molecule has 1 saturated heterocycles. The summed E-state index contributed by atoms with van der Waals surface area (Å²) in [5.74, 6) is -0.652. The van der Waals surface area contributed by atoms with E-state index in [-0.39, 0.29) is 25.0 Å². The number of nitrogens with zero attached hydrogens (tertiary/aromatic N) is 2. The van der Waals surface area contributed by atoms with E-state index in [0.29, 0.717) is 10.0 Å². The fourth-order valence-corrected chi connectivity index (χ4v) is 2.30. The predicted molar refractivity (Wildman–Crippen MR) is 58.0 cm³/mol. The number of hydrogen-bond donors (Lipinski definition) is 2. The molecule has 2 N–H and O–H groups in total. The second kappa shape index (κ2) is 4.18. The molecule has 1 aromatic heterocycles. The summed E-state index contributed by atoms with van der Waals surface area (Å²) in [5, 5.41) is 11.8. The number of anilines is 1. The van der Waals surface area contributed by atoms with Crippen molar-refractivity contribution in [1.82, 2.24) is 10.3 Å². The lowest BCUT2D eigenvalue weighted by molar-refractivity contribution is -0.132. The molecule has 1 aliphatic rings.